The van der Waals surface area contributed by atoms with Crippen LogP contribution in [0.1, 0.15) is 44.6 Å². The number of unbranched alkanes of at least 4 members (excludes halogenated alkanes) is 1. The SMILES string of the molecule is CCOC(=O)N1CCC(CCCCc2ccncc2)CC1. The molecule has 1 saturated heterocycles. The predicted molar refractivity (Wildman–Crippen MR) is 83.1 cm³/mol. The van der Waals surface area contributed by atoms with Crippen LogP contribution in [0.5, 0.6) is 0 Å². The van der Waals surface area contributed by atoms with Gasteiger partial charge in [-0.2, -0.15) is 0 Å². The van der Waals surface area contributed by atoms with Crippen LogP contribution in [0, 0.1) is 5.92 Å². The third-order valence-corrected chi connectivity index (χ3v) is 4.22. The van der Waals surface area contributed by atoms with E-state index in [1.54, 1.807) is 0 Å². The maximum absolute atomic E-state index is 11.6. The molecule has 0 saturated carbocycles. The highest BCUT2D eigenvalue weighted by Crippen LogP contribution is 2.23. The number of pyridine rings is 1. The van der Waals surface area contributed by atoms with Gasteiger partial charge in [-0.25, -0.2) is 4.79 Å². The molecule has 2 heterocycles. The first kappa shape index (κ1) is 15.8. The summed E-state index contributed by atoms with van der Waals surface area (Å²) in [6.45, 7) is 4.03. The summed E-state index contributed by atoms with van der Waals surface area (Å²) >= 11 is 0. The molecule has 0 unspecified atom stereocenters. The van der Waals surface area contributed by atoms with Crippen molar-refractivity contribution in [3.05, 3.63) is 30.1 Å². The molecule has 0 bridgehead atoms. The van der Waals surface area contributed by atoms with Crippen LogP contribution in [-0.2, 0) is 11.2 Å². The Morgan fingerprint density at radius 2 is 2.00 bits per heavy atom. The Kier molecular flexibility index (Phi) is 6.51. The van der Waals surface area contributed by atoms with E-state index >= 15 is 0 Å². The van der Waals surface area contributed by atoms with Crippen LogP contribution in [0.4, 0.5) is 4.79 Å². The van der Waals surface area contributed by atoms with Crippen LogP contribution >= 0.6 is 0 Å². The van der Waals surface area contributed by atoms with Gasteiger partial charge in [-0.15, -0.1) is 0 Å². The van der Waals surface area contributed by atoms with Crippen molar-refractivity contribution in [3.8, 4) is 0 Å². The van der Waals surface area contributed by atoms with Crippen molar-refractivity contribution in [2.24, 2.45) is 5.92 Å². The lowest BCUT2D eigenvalue weighted by molar-refractivity contribution is 0.0906. The minimum atomic E-state index is -0.145. The monoisotopic (exact) mass is 290 g/mol. The first-order valence-electron chi connectivity index (χ1n) is 8.10. The molecule has 4 nitrogen and oxygen atoms in total. The minimum absolute atomic E-state index is 0.145. The number of likely N-dealkylation sites (tertiary alicyclic amines) is 1. The van der Waals surface area contributed by atoms with E-state index < -0.39 is 0 Å². The number of rotatable bonds is 6. The molecule has 0 aliphatic carbocycles. The lowest BCUT2D eigenvalue weighted by Crippen LogP contribution is -2.38. The van der Waals surface area contributed by atoms with Crippen molar-refractivity contribution in [1.82, 2.24) is 9.88 Å². The Morgan fingerprint density at radius 3 is 2.67 bits per heavy atom. The van der Waals surface area contributed by atoms with Crippen molar-refractivity contribution in [3.63, 3.8) is 0 Å². The molecular formula is C17H26N2O2. The molecule has 1 aliphatic heterocycles. The molecule has 1 aliphatic rings. The molecule has 1 fully saturated rings. The molecule has 1 aromatic rings. The number of nitrogens with zero attached hydrogens (tertiary/aromatic N) is 2. The average Bonchev–Trinajstić information content (AvgIpc) is 2.53. The van der Waals surface area contributed by atoms with Crippen LogP contribution in [-0.4, -0.2) is 35.7 Å². The summed E-state index contributed by atoms with van der Waals surface area (Å²) < 4.78 is 5.05. The van der Waals surface area contributed by atoms with Gasteiger partial charge in [-0.1, -0.05) is 12.8 Å². The molecule has 0 N–H and O–H groups in total. The smallest absolute Gasteiger partial charge is 0.409 e. The van der Waals surface area contributed by atoms with Crippen LogP contribution in [0.15, 0.2) is 24.5 Å². The number of amides is 1. The Labute approximate surface area is 127 Å². The molecule has 21 heavy (non-hydrogen) atoms. The third-order valence-electron chi connectivity index (χ3n) is 4.22. The van der Waals surface area contributed by atoms with Gasteiger partial charge in [0.15, 0.2) is 0 Å². The number of aromatic nitrogens is 1. The number of carbonyl (C=O) groups excluding carboxylic acids is 1. The number of hydrogen-bond acceptors (Lipinski definition) is 3. The second kappa shape index (κ2) is 8.65. The molecule has 1 amide bonds. The highest BCUT2D eigenvalue weighted by atomic mass is 16.6. The van der Waals surface area contributed by atoms with Crippen LogP contribution < -0.4 is 0 Å². The molecule has 0 atom stereocenters. The van der Waals surface area contributed by atoms with Gasteiger partial charge in [-0.3, -0.25) is 4.98 Å². The second-order valence-electron chi connectivity index (χ2n) is 5.73. The summed E-state index contributed by atoms with van der Waals surface area (Å²) in [6, 6.07) is 4.19. The standard InChI is InChI=1S/C17H26N2O2/c1-2-21-17(20)19-13-9-16(10-14-19)6-4-3-5-15-7-11-18-12-8-15/h7-8,11-12,16H,2-6,9-10,13-14H2,1H3. The van der Waals surface area contributed by atoms with Gasteiger partial charge in [0.05, 0.1) is 6.61 Å². The minimum Gasteiger partial charge on any atom is -0.450 e. The van der Waals surface area contributed by atoms with E-state index in [2.05, 4.69) is 17.1 Å². The maximum atomic E-state index is 11.6. The van der Waals surface area contributed by atoms with E-state index in [9.17, 15) is 4.79 Å². The van der Waals surface area contributed by atoms with Gasteiger partial charge in [0, 0.05) is 25.5 Å². The van der Waals surface area contributed by atoms with Crippen molar-refractivity contribution in [2.45, 2.75) is 45.4 Å². The van der Waals surface area contributed by atoms with Crippen LogP contribution in [0.3, 0.4) is 0 Å². The third kappa shape index (κ3) is 5.37. The molecule has 116 valence electrons. The first-order valence-corrected chi connectivity index (χ1v) is 8.10. The number of hydrogen-bond donors (Lipinski definition) is 0. The van der Waals surface area contributed by atoms with Gasteiger partial charge in [0.25, 0.3) is 0 Å². The zero-order valence-corrected chi connectivity index (χ0v) is 13.0. The fourth-order valence-corrected chi connectivity index (χ4v) is 2.93. The highest BCUT2D eigenvalue weighted by molar-refractivity contribution is 5.67. The molecule has 0 radical (unpaired) electrons. The molecule has 0 aromatic carbocycles. The largest absolute Gasteiger partial charge is 0.450 e. The van der Waals surface area contributed by atoms with Crippen molar-refractivity contribution < 1.29 is 9.53 Å². The van der Waals surface area contributed by atoms with Gasteiger partial charge >= 0.3 is 6.09 Å². The van der Waals surface area contributed by atoms with Gasteiger partial charge in [0.1, 0.15) is 0 Å². The molecule has 1 aromatic heterocycles. The summed E-state index contributed by atoms with van der Waals surface area (Å²) in [5.41, 5.74) is 1.38. The fraction of sp³-hybridized carbons (Fsp3) is 0.647. The van der Waals surface area contributed by atoms with E-state index in [4.69, 9.17) is 4.74 Å². The normalized spacial score (nSPS) is 16.0. The Balaban J connectivity index is 1.58. The zero-order chi connectivity index (χ0) is 14.9. The highest BCUT2D eigenvalue weighted by Gasteiger charge is 2.22. The van der Waals surface area contributed by atoms with Crippen molar-refractivity contribution in [2.75, 3.05) is 19.7 Å². The Morgan fingerprint density at radius 1 is 1.29 bits per heavy atom. The average molecular weight is 290 g/mol. The molecule has 4 heteroatoms. The second-order valence-corrected chi connectivity index (χ2v) is 5.73. The van der Waals surface area contributed by atoms with E-state index in [1.165, 1.54) is 24.8 Å². The number of carbonyl (C=O) groups is 1. The van der Waals surface area contributed by atoms with Gasteiger partial charge < -0.3 is 9.64 Å². The van der Waals surface area contributed by atoms with Crippen LogP contribution in [0.25, 0.3) is 0 Å². The summed E-state index contributed by atoms with van der Waals surface area (Å²) in [4.78, 5) is 17.5. The summed E-state index contributed by atoms with van der Waals surface area (Å²) in [5, 5.41) is 0. The molecule has 0 spiro atoms. The lowest BCUT2D eigenvalue weighted by atomic mass is 9.91. The Hall–Kier alpha value is -1.58. The molecule has 2 rings (SSSR count). The fourth-order valence-electron chi connectivity index (χ4n) is 2.93. The zero-order valence-electron chi connectivity index (χ0n) is 13.0. The van der Waals surface area contributed by atoms with Crippen LogP contribution in [0.2, 0.25) is 0 Å². The van der Waals surface area contributed by atoms with Gasteiger partial charge in [-0.05, 0) is 56.2 Å². The quantitative estimate of drug-likeness (QED) is 0.751. The number of ether oxygens (including phenoxy) is 1. The maximum Gasteiger partial charge on any atom is 0.409 e. The van der Waals surface area contributed by atoms with Crippen molar-refractivity contribution in [1.29, 1.82) is 0 Å². The predicted octanol–water partition coefficient (Wildman–Crippen LogP) is 3.66. The van der Waals surface area contributed by atoms with E-state index in [0.29, 0.717) is 6.61 Å². The van der Waals surface area contributed by atoms with Crippen molar-refractivity contribution >= 4 is 6.09 Å². The Bertz CT molecular complexity index is 414. The molecular weight excluding hydrogens is 264 g/mol. The summed E-state index contributed by atoms with van der Waals surface area (Å²) in [5.74, 6) is 0.771. The van der Waals surface area contributed by atoms with E-state index in [0.717, 1.165) is 38.3 Å². The summed E-state index contributed by atoms with van der Waals surface area (Å²) in [7, 11) is 0. The number of aryl methyl sites for hydroxylation is 1. The van der Waals surface area contributed by atoms with Gasteiger partial charge in [0.2, 0.25) is 0 Å². The van der Waals surface area contributed by atoms with E-state index in [-0.39, 0.29) is 6.09 Å². The number of piperidine rings is 1. The van der Waals surface area contributed by atoms with E-state index in [1.807, 2.05) is 24.2 Å². The lowest BCUT2D eigenvalue weighted by Gasteiger charge is -2.31. The topological polar surface area (TPSA) is 42.4 Å². The summed E-state index contributed by atoms with van der Waals surface area (Å²) in [6.07, 6.45) is 10.7. The first-order chi connectivity index (χ1) is 10.3.